The molecule has 164 valence electrons. The van der Waals surface area contributed by atoms with Crippen LogP contribution in [0, 0.1) is 6.92 Å². The molecule has 0 fully saturated rings. The van der Waals surface area contributed by atoms with Gasteiger partial charge in [0.1, 0.15) is 0 Å². The van der Waals surface area contributed by atoms with Gasteiger partial charge in [0.25, 0.3) is 0 Å². The van der Waals surface area contributed by atoms with E-state index in [4.69, 9.17) is 0 Å². The molecule has 1 heteroatoms. The summed E-state index contributed by atoms with van der Waals surface area (Å²) in [6.07, 6.45) is 1.92. The zero-order valence-electron chi connectivity index (χ0n) is 19.3. The van der Waals surface area contributed by atoms with Crippen LogP contribution in [0.4, 0.5) is 11.4 Å². The van der Waals surface area contributed by atoms with Crippen LogP contribution in [0.2, 0.25) is 0 Å². The molecule has 5 aromatic carbocycles. The maximum Gasteiger partial charge on any atom is 0.0464 e. The van der Waals surface area contributed by atoms with Gasteiger partial charge in [-0.15, -0.1) is 0 Å². The van der Waals surface area contributed by atoms with Gasteiger partial charge < -0.3 is 5.32 Å². The van der Waals surface area contributed by atoms with Crippen molar-refractivity contribution in [2.45, 2.75) is 6.92 Å². The topological polar surface area (TPSA) is 12.0 Å². The molecule has 0 radical (unpaired) electrons. The Hall–Kier alpha value is -4.36. The van der Waals surface area contributed by atoms with Crippen LogP contribution in [0.25, 0.3) is 39.5 Å². The van der Waals surface area contributed by atoms with Crippen LogP contribution in [0.3, 0.4) is 0 Å². The molecule has 0 saturated heterocycles. The van der Waals surface area contributed by atoms with Gasteiger partial charge in [0, 0.05) is 16.9 Å². The smallest absolute Gasteiger partial charge is 0.0464 e. The molecule has 5 aromatic rings. The number of hydrogen-bond acceptors (Lipinski definition) is 1. The van der Waals surface area contributed by atoms with Crippen molar-refractivity contribution in [2.24, 2.45) is 0 Å². The average molecular weight is 438 g/mol. The molecular weight excluding hydrogens is 410 g/mol. The first kappa shape index (κ1) is 21.5. The van der Waals surface area contributed by atoms with Gasteiger partial charge in [-0.1, -0.05) is 116 Å². The first-order valence-electron chi connectivity index (χ1n) is 11.6. The summed E-state index contributed by atoms with van der Waals surface area (Å²) in [5, 5.41) is 3.74. The second kappa shape index (κ2) is 9.64. The highest BCUT2D eigenvalue weighted by Crippen LogP contribution is 2.37. The van der Waals surface area contributed by atoms with Gasteiger partial charge in [-0.25, -0.2) is 0 Å². The van der Waals surface area contributed by atoms with Crippen molar-refractivity contribution in [2.75, 3.05) is 5.32 Å². The Morgan fingerprint density at radius 3 is 1.91 bits per heavy atom. The molecule has 0 aliphatic rings. The normalized spacial score (nSPS) is 10.6. The third-order valence-electron chi connectivity index (χ3n) is 6.29. The molecule has 34 heavy (non-hydrogen) atoms. The average Bonchev–Trinajstić information content (AvgIpc) is 2.91. The molecule has 0 atom stereocenters. The Kier molecular flexibility index (Phi) is 6.09. The van der Waals surface area contributed by atoms with Crippen LogP contribution < -0.4 is 5.32 Å². The zero-order valence-corrected chi connectivity index (χ0v) is 19.3. The van der Waals surface area contributed by atoms with Gasteiger partial charge in [-0.05, 0) is 64.1 Å². The molecule has 0 heterocycles. The fraction of sp³-hybridized carbons (Fsp3) is 0.0303. The van der Waals surface area contributed by atoms with Gasteiger partial charge in [0.15, 0.2) is 0 Å². The number of nitrogens with one attached hydrogen (secondary N) is 1. The van der Waals surface area contributed by atoms with Crippen molar-refractivity contribution >= 4 is 17.5 Å². The minimum Gasteiger partial charge on any atom is -0.355 e. The highest BCUT2D eigenvalue weighted by molar-refractivity contribution is 5.87. The van der Waals surface area contributed by atoms with E-state index in [-0.39, 0.29) is 0 Å². The molecule has 0 saturated carbocycles. The van der Waals surface area contributed by atoms with E-state index >= 15 is 0 Å². The lowest BCUT2D eigenvalue weighted by Gasteiger charge is -2.18. The Balaban J connectivity index is 1.59. The summed E-state index contributed by atoms with van der Waals surface area (Å²) < 4.78 is 0. The van der Waals surface area contributed by atoms with Crippen molar-refractivity contribution < 1.29 is 0 Å². The monoisotopic (exact) mass is 437 g/mol. The molecule has 0 spiro atoms. The van der Waals surface area contributed by atoms with Crippen LogP contribution in [-0.4, -0.2) is 0 Å². The third-order valence-corrected chi connectivity index (χ3v) is 6.29. The molecule has 0 amide bonds. The fourth-order valence-electron chi connectivity index (χ4n) is 4.45. The van der Waals surface area contributed by atoms with Crippen molar-refractivity contribution in [1.82, 2.24) is 0 Å². The number of rotatable bonds is 6. The van der Waals surface area contributed by atoms with E-state index in [0.29, 0.717) is 0 Å². The van der Waals surface area contributed by atoms with Gasteiger partial charge in [0.05, 0.1) is 0 Å². The summed E-state index contributed by atoms with van der Waals surface area (Å²) in [6, 6.07) is 42.6. The number of benzene rings is 5. The molecule has 1 N–H and O–H groups in total. The van der Waals surface area contributed by atoms with Crippen molar-refractivity contribution in [1.29, 1.82) is 0 Å². The van der Waals surface area contributed by atoms with E-state index in [1.807, 2.05) is 6.08 Å². The number of hydrogen-bond donors (Lipinski definition) is 1. The predicted octanol–water partition coefficient (Wildman–Crippen LogP) is 9.38. The van der Waals surface area contributed by atoms with Crippen LogP contribution in [0.5, 0.6) is 0 Å². The zero-order chi connectivity index (χ0) is 23.3. The molecule has 1 nitrogen and oxygen atoms in total. The molecule has 0 unspecified atom stereocenters. The van der Waals surface area contributed by atoms with Crippen LogP contribution in [0.1, 0.15) is 11.1 Å². The summed E-state index contributed by atoms with van der Waals surface area (Å²) in [6.45, 7) is 6.18. The standard InChI is InChI=1S/C33H27N/c1-3-25-13-10-11-18-30(25)29-19-12-20-32(24(29)2)34-33-22-21-28(26-14-6-4-7-15-26)23-31(33)27-16-8-5-9-17-27/h3-23,34H,1H2,2H3. The van der Waals surface area contributed by atoms with E-state index in [1.54, 1.807) is 0 Å². The molecular formula is C33H27N. The van der Waals surface area contributed by atoms with Crippen molar-refractivity contribution in [3.05, 3.63) is 139 Å². The highest BCUT2D eigenvalue weighted by Gasteiger charge is 2.12. The van der Waals surface area contributed by atoms with Crippen LogP contribution >= 0.6 is 0 Å². The Bertz CT molecular complexity index is 1430. The lowest BCUT2D eigenvalue weighted by molar-refractivity contribution is 1.42. The molecule has 0 aromatic heterocycles. The lowest BCUT2D eigenvalue weighted by atomic mass is 9.94. The SMILES string of the molecule is C=Cc1ccccc1-c1cccc(Nc2ccc(-c3ccccc3)cc2-c2ccccc2)c1C. The quantitative estimate of drug-likeness (QED) is 0.279. The Morgan fingerprint density at radius 2 is 1.18 bits per heavy atom. The molecule has 0 aliphatic heterocycles. The van der Waals surface area contributed by atoms with Gasteiger partial charge in [0.2, 0.25) is 0 Å². The minimum absolute atomic E-state index is 1.09. The maximum atomic E-state index is 4.00. The first-order valence-corrected chi connectivity index (χ1v) is 11.6. The van der Waals surface area contributed by atoms with E-state index in [1.165, 1.54) is 38.9 Å². The van der Waals surface area contributed by atoms with E-state index < -0.39 is 0 Å². The van der Waals surface area contributed by atoms with Gasteiger partial charge in [-0.3, -0.25) is 0 Å². The van der Waals surface area contributed by atoms with Crippen LogP contribution in [0.15, 0.2) is 128 Å². The fourth-order valence-corrected chi connectivity index (χ4v) is 4.45. The number of anilines is 2. The summed E-state index contributed by atoms with van der Waals surface area (Å²) in [5.41, 5.74) is 11.7. The van der Waals surface area contributed by atoms with E-state index in [2.05, 4.69) is 140 Å². The highest BCUT2D eigenvalue weighted by atomic mass is 14.9. The maximum absolute atomic E-state index is 4.00. The largest absolute Gasteiger partial charge is 0.355 e. The van der Waals surface area contributed by atoms with Gasteiger partial charge in [-0.2, -0.15) is 0 Å². The van der Waals surface area contributed by atoms with Crippen molar-refractivity contribution in [3.8, 4) is 33.4 Å². The molecule has 5 rings (SSSR count). The summed E-state index contributed by atoms with van der Waals surface area (Å²) in [4.78, 5) is 0. The van der Waals surface area contributed by atoms with E-state index in [0.717, 1.165) is 16.9 Å². The molecule has 0 bridgehead atoms. The predicted molar refractivity (Wildman–Crippen MR) is 147 cm³/mol. The summed E-state index contributed by atoms with van der Waals surface area (Å²) in [5.74, 6) is 0. The second-order valence-electron chi connectivity index (χ2n) is 8.39. The summed E-state index contributed by atoms with van der Waals surface area (Å²) >= 11 is 0. The first-order chi connectivity index (χ1) is 16.7. The third kappa shape index (κ3) is 4.29. The van der Waals surface area contributed by atoms with Crippen LogP contribution in [-0.2, 0) is 0 Å². The lowest BCUT2D eigenvalue weighted by Crippen LogP contribution is -1.98. The minimum atomic E-state index is 1.09. The van der Waals surface area contributed by atoms with Crippen molar-refractivity contribution in [3.63, 3.8) is 0 Å². The summed E-state index contributed by atoms with van der Waals surface area (Å²) in [7, 11) is 0. The Labute approximate surface area is 202 Å². The van der Waals surface area contributed by atoms with E-state index in [9.17, 15) is 0 Å². The molecule has 0 aliphatic carbocycles. The Morgan fingerprint density at radius 1 is 0.529 bits per heavy atom. The second-order valence-corrected chi connectivity index (χ2v) is 8.39. The van der Waals surface area contributed by atoms with Gasteiger partial charge >= 0.3 is 0 Å².